The summed E-state index contributed by atoms with van der Waals surface area (Å²) in [5.41, 5.74) is 6.86. The van der Waals surface area contributed by atoms with E-state index in [2.05, 4.69) is 5.32 Å². The lowest BCUT2D eigenvalue weighted by Gasteiger charge is -2.21. The molecule has 106 valence electrons. The largest absolute Gasteiger partial charge is 0.397 e. The fourth-order valence-corrected chi connectivity index (χ4v) is 3.02. The van der Waals surface area contributed by atoms with Gasteiger partial charge < -0.3 is 16.2 Å². The number of nitrogen functional groups attached to an aromatic ring is 1. The average Bonchev–Trinajstić information content (AvgIpc) is 2.77. The number of benzene rings is 1. The highest BCUT2D eigenvalue weighted by Gasteiger charge is 2.27. The fourth-order valence-electron chi connectivity index (χ4n) is 2.48. The second-order valence-electron chi connectivity index (χ2n) is 4.92. The van der Waals surface area contributed by atoms with Crippen LogP contribution in [0.1, 0.15) is 19.3 Å². The van der Waals surface area contributed by atoms with Gasteiger partial charge in [-0.05, 0) is 31.0 Å². The van der Waals surface area contributed by atoms with E-state index in [-0.39, 0.29) is 23.5 Å². The maximum Gasteiger partial charge on any atom is 0.238 e. The SMILES string of the molecule is Nc1ccc(S(N)(=O)=O)cc1NC1CCCC1CO. The van der Waals surface area contributed by atoms with Crippen molar-refractivity contribution in [3.63, 3.8) is 0 Å². The molecule has 1 aromatic carbocycles. The molecule has 2 unspecified atom stereocenters. The van der Waals surface area contributed by atoms with Crippen LogP contribution in [0.5, 0.6) is 0 Å². The van der Waals surface area contributed by atoms with E-state index in [1.54, 1.807) is 0 Å². The lowest BCUT2D eigenvalue weighted by Crippen LogP contribution is -2.27. The lowest BCUT2D eigenvalue weighted by atomic mass is 10.0. The molecular formula is C12H19N3O3S. The van der Waals surface area contributed by atoms with E-state index in [0.717, 1.165) is 19.3 Å². The summed E-state index contributed by atoms with van der Waals surface area (Å²) in [6.45, 7) is 0.118. The van der Waals surface area contributed by atoms with Crippen LogP contribution in [0.3, 0.4) is 0 Å². The van der Waals surface area contributed by atoms with Crippen LogP contribution in [-0.4, -0.2) is 26.2 Å². The summed E-state index contributed by atoms with van der Waals surface area (Å²) in [7, 11) is -3.74. The number of sulfonamides is 1. The third-order valence-corrected chi connectivity index (χ3v) is 4.50. The predicted molar refractivity (Wildman–Crippen MR) is 74.1 cm³/mol. The molecule has 0 spiro atoms. The van der Waals surface area contributed by atoms with Crippen molar-refractivity contribution in [2.45, 2.75) is 30.2 Å². The third kappa shape index (κ3) is 3.17. The Bertz CT molecular complexity index is 559. The first-order chi connectivity index (χ1) is 8.91. The minimum absolute atomic E-state index is 0.0303. The fraction of sp³-hybridized carbons (Fsp3) is 0.500. The van der Waals surface area contributed by atoms with Gasteiger partial charge in [0.2, 0.25) is 10.0 Å². The quantitative estimate of drug-likeness (QED) is 0.600. The summed E-state index contributed by atoms with van der Waals surface area (Å²) in [4.78, 5) is 0.0303. The highest BCUT2D eigenvalue weighted by atomic mass is 32.2. The molecule has 0 saturated heterocycles. The number of primary sulfonamides is 1. The molecule has 1 aliphatic rings. The molecule has 0 aromatic heterocycles. The van der Waals surface area contributed by atoms with Crippen molar-refractivity contribution >= 4 is 21.4 Å². The summed E-state index contributed by atoms with van der Waals surface area (Å²) >= 11 is 0. The standard InChI is InChI=1S/C12H19N3O3S/c13-10-5-4-9(19(14,17)18)6-12(10)15-11-3-1-2-8(11)7-16/h4-6,8,11,15-16H,1-3,7,13H2,(H2,14,17,18). The third-order valence-electron chi connectivity index (χ3n) is 3.59. The van der Waals surface area contributed by atoms with Gasteiger partial charge in [-0.1, -0.05) is 6.42 Å². The zero-order valence-corrected chi connectivity index (χ0v) is 11.4. The van der Waals surface area contributed by atoms with Crippen molar-refractivity contribution in [3.8, 4) is 0 Å². The zero-order valence-electron chi connectivity index (χ0n) is 10.5. The second-order valence-corrected chi connectivity index (χ2v) is 6.48. The van der Waals surface area contributed by atoms with Crippen LogP contribution in [0.15, 0.2) is 23.1 Å². The summed E-state index contributed by atoms with van der Waals surface area (Å²) in [5.74, 6) is 0.178. The molecular weight excluding hydrogens is 266 g/mol. The Morgan fingerprint density at radius 1 is 1.37 bits per heavy atom. The Hall–Kier alpha value is -1.31. The summed E-state index contributed by atoms with van der Waals surface area (Å²) in [6.07, 6.45) is 2.94. The van der Waals surface area contributed by atoms with Crippen LogP contribution < -0.4 is 16.2 Å². The van der Waals surface area contributed by atoms with E-state index in [9.17, 15) is 13.5 Å². The van der Waals surface area contributed by atoms with E-state index >= 15 is 0 Å². The summed E-state index contributed by atoms with van der Waals surface area (Å²) < 4.78 is 22.6. The van der Waals surface area contributed by atoms with E-state index in [1.807, 2.05) is 0 Å². The summed E-state index contributed by atoms with van der Waals surface area (Å²) in [6, 6.07) is 4.46. The number of nitrogens with one attached hydrogen (secondary N) is 1. The number of hydrogen-bond donors (Lipinski definition) is 4. The van der Waals surface area contributed by atoms with Crippen LogP contribution in [0.4, 0.5) is 11.4 Å². The van der Waals surface area contributed by atoms with Gasteiger partial charge in [0, 0.05) is 18.6 Å². The van der Waals surface area contributed by atoms with E-state index < -0.39 is 10.0 Å². The van der Waals surface area contributed by atoms with Gasteiger partial charge in [-0.15, -0.1) is 0 Å². The average molecular weight is 285 g/mol. The zero-order chi connectivity index (χ0) is 14.0. The van der Waals surface area contributed by atoms with Crippen molar-refractivity contribution < 1.29 is 13.5 Å². The first-order valence-corrected chi connectivity index (χ1v) is 7.76. The Balaban J connectivity index is 2.24. The molecule has 0 aliphatic heterocycles. The minimum atomic E-state index is -3.74. The van der Waals surface area contributed by atoms with Gasteiger partial charge in [-0.3, -0.25) is 0 Å². The van der Waals surface area contributed by atoms with Crippen LogP contribution in [0.2, 0.25) is 0 Å². The number of hydrogen-bond acceptors (Lipinski definition) is 5. The molecule has 6 N–H and O–H groups in total. The topological polar surface area (TPSA) is 118 Å². The summed E-state index contributed by atoms with van der Waals surface area (Å²) in [5, 5.41) is 17.6. The molecule has 19 heavy (non-hydrogen) atoms. The molecule has 0 heterocycles. The molecule has 1 aromatic rings. The van der Waals surface area contributed by atoms with Crippen molar-refractivity contribution in [2.75, 3.05) is 17.7 Å². The molecule has 2 rings (SSSR count). The van der Waals surface area contributed by atoms with Gasteiger partial charge in [0.05, 0.1) is 16.3 Å². The molecule has 2 atom stereocenters. The molecule has 6 nitrogen and oxygen atoms in total. The number of rotatable bonds is 4. The Labute approximate surface area is 112 Å². The van der Waals surface area contributed by atoms with Crippen LogP contribution in [0, 0.1) is 5.92 Å². The minimum Gasteiger partial charge on any atom is -0.397 e. The van der Waals surface area contributed by atoms with Crippen LogP contribution >= 0.6 is 0 Å². The second kappa shape index (κ2) is 5.36. The van der Waals surface area contributed by atoms with Gasteiger partial charge in [0.25, 0.3) is 0 Å². The number of anilines is 2. The van der Waals surface area contributed by atoms with E-state index in [1.165, 1.54) is 18.2 Å². The highest BCUT2D eigenvalue weighted by Crippen LogP contribution is 2.31. The van der Waals surface area contributed by atoms with E-state index in [0.29, 0.717) is 11.4 Å². The van der Waals surface area contributed by atoms with Crippen molar-refractivity contribution in [2.24, 2.45) is 11.1 Å². The number of aliphatic hydroxyl groups is 1. The predicted octanol–water partition coefficient (Wildman–Crippen LogP) is 0.489. The van der Waals surface area contributed by atoms with Crippen LogP contribution in [-0.2, 0) is 10.0 Å². The molecule has 0 radical (unpaired) electrons. The lowest BCUT2D eigenvalue weighted by molar-refractivity contribution is 0.222. The van der Waals surface area contributed by atoms with Crippen LogP contribution in [0.25, 0.3) is 0 Å². The van der Waals surface area contributed by atoms with Gasteiger partial charge in [0.1, 0.15) is 0 Å². The smallest absolute Gasteiger partial charge is 0.238 e. The van der Waals surface area contributed by atoms with Crippen molar-refractivity contribution in [1.82, 2.24) is 0 Å². The monoisotopic (exact) mass is 285 g/mol. The normalized spacial score (nSPS) is 23.5. The molecule has 0 bridgehead atoms. The Morgan fingerprint density at radius 3 is 2.74 bits per heavy atom. The molecule has 1 saturated carbocycles. The first kappa shape index (κ1) is 14.1. The number of aliphatic hydroxyl groups excluding tert-OH is 1. The molecule has 7 heteroatoms. The van der Waals surface area contributed by atoms with Crippen molar-refractivity contribution in [3.05, 3.63) is 18.2 Å². The van der Waals surface area contributed by atoms with Crippen molar-refractivity contribution in [1.29, 1.82) is 0 Å². The highest BCUT2D eigenvalue weighted by molar-refractivity contribution is 7.89. The Morgan fingerprint density at radius 2 is 2.11 bits per heavy atom. The van der Waals surface area contributed by atoms with Gasteiger partial charge in [-0.2, -0.15) is 0 Å². The van der Waals surface area contributed by atoms with Gasteiger partial charge in [-0.25, -0.2) is 13.6 Å². The molecule has 1 aliphatic carbocycles. The molecule has 0 amide bonds. The number of nitrogens with two attached hydrogens (primary N) is 2. The maximum absolute atomic E-state index is 11.3. The van der Waals surface area contributed by atoms with Gasteiger partial charge >= 0.3 is 0 Å². The maximum atomic E-state index is 11.3. The first-order valence-electron chi connectivity index (χ1n) is 6.21. The molecule has 1 fully saturated rings. The van der Waals surface area contributed by atoms with E-state index in [4.69, 9.17) is 10.9 Å². The van der Waals surface area contributed by atoms with Gasteiger partial charge in [0.15, 0.2) is 0 Å². The Kier molecular flexibility index (Phi) is 3.98.